The van der Waals surface area contributed by atoms with E-state index >= 15 is 0 Å². The second kappa shape index (κ2) is 9.46. The molecular weight excluding hydrogens is 334 g/mol. The summed E-state index contributed by atoms with van der Waals surface area (Å²) in [6.07, 6.45) is 0.777. The van der Waals surface area contributed by atoms with Crippen LogP contribution >= 0.6 is 11.6 Å². The summed E-state index contributed by atoms with van der Waals surface area (Å²) in [5.41, 5.74) is 0.360. The van der Waals surface area contributed by atoms with Crippen LogP contribution in [0.4, 0.5) is 5.69 Å². The summed E-state index contributed by atoms with van der Waals surface area (Å²) in [7, 11) is 1.48. The third-order valence-electron chi connectivity index (χ3n) is 3.66. The van der Waals surface area contributed by atoms with E-state index in [0.29, 0.717) is 23.0 Å². The first-order valence-electron chi connectivity index (χ1n) is 7.83. The van der Waals surface area contributed by atoms with Crippen LogP contribution in [-0.2, 0) is 14.3 Å². The van der Waals surface area contributed by atoms with Crippen molar-refractivity contribution in [2.24, 2.45) is 0 Å². The van der Waals surface area contributed by atoms with Crippen LogP contribution in [0.2, 0.25) is 5.02 Å². The van der Waals surface area contributed by atoms with Crippen molar-refractivity contribution in [3.8, 4) is 5.75 Å². The van der Waals surface area contributed by atoms with E-state index in [1.807, 2.05) is 0 Å². The molecule has 1 aliphatic rings. The van der Waals surface area contributed by atoms with Crippen LogP contribution in [0.5, 0.6) is 5.75 Å². The van der Waals surface area contributed by atoms with Crippen LogP contribution in [-0.4, -0.2) is 63.2 Å². The molecule has 1 saturated heterocycles. The first kappa shape index (κ1) is 18.5. The van der Waals surface area contributed by atoms with Crippen LogP contribution in [0.25, 0.3) is 0 Å². The Kier molecular flexibility index (Phi) is 7.30. The van der Waals surface area contributed by atoms with Crippen LogP contribution in [0, 0.1) is 0 Å². The van der Waals surface area contributed by atoms with Gasteiger partial charge in [0.2, 0.25) is 0 Å². The van der Waals surface area contributed by atoms with Crippen molar-refractivity contribution in [2.75, 3.05) is 51.8 Å². The fourth-order valence-corrected chi connectivity index (χ4v) is 2.54. The molecule has 0 bridgehead atoms. The van der Waals surface area contributed by atoms with Crippen LogP contribution < -0.4 is 15.4 Å². The lowest BCUT2D eigenvalue weighted by Gasteiger charge is -2.26. The van der Waals surface area contributed by atoms with Gasteiger partial charge in [-0.1, -0.05) is 11.6 Å². The van der Waals surface area contributed by atoms with E-state index in [4.69, 9.17) is 21.1 Å². The summed E-state index contributed by atoms with van der Waals surface area (Å²) < 4.78 is 10.4. The van der Waals surface area contributed by atoms with Gasteiger partial charge in [0.1, 0.15) is 5.75 Å². The molecule has 0 unspecified atom stereocenters. The number of methoxy groups -OCH3 is 1. The number of morpholine rings is 1. The lowest BCUT2D eigenvalue weighted by molar-refractivity contribution is -0.136. The Bertz CT molecular complexity index is 576. The number of rotatable bonds is 6. The van der Waals surface area contributed by atoms with Crippen molar-refractivity contribution in [3.63, 3.8) is 0 Å². The maximum absolute atomic E-state index is 11.9. The van der Waals surface area contributed by atoms with Gasteiger partial charge in [0.25, 0.3) is 0 Å². The lowest BCUT2D eigenvalue weighted by atomic mass is 10.3. The average molecular weight is 356 g/mol. The molecule has 0 atom stereocenters. The molecule has 24 heavy (non-hydrogen) atoms. The summed E-state index contributed by atoms with van der Waals surface area (Å²) in [6, 6.07) is 4.80. The largest absolute Gasteiger partial charge is 0.495 e. The number of carbonyl (C=O) groups excluding carboxylic acids is 2. The molecule has 1 aromatic rings. The van der Waals surface area contributed by atoms with Crippen molar-refractivity contribution in [1.82, 2.24) is 10.2 Å². The minimum atomic E-state index is -0.748. The Balaban J connectivity index is 1.74. The molecule has 0 saturated carbocycles. The predicted molar refractivity (Wildman–Crippen MR) is 91.5 cm³/mol. The number of anilines is 1. The van der Waals surface area contributed by atoms with Crippen molar-refractivity contribution in [3.05, 3.63) is 23.2 Å². The molecule has 8 heteroatoms. The van der Waals surface area contributed by atoms with Gasteiger partial charge < -0.3 is 20.1 Å². The number of hydrogen-bond donors (Lipinski definition) is 2. The number of nitrogens with zero attached hydrogens (tertiary/aromatic N) is 1. The molecule has 1 heterocycles. The molecule has 1 fully saturated rings. The zero-order valence-electron chi connectivity index (χ0n) is 13.6. The van der Waals surface area contributed by atoms with Gasteiger partial charge in [-0.15, -0.1) is 0 Å². The Labute approximate surface area is 146 Å². The first-order valence-corrected chi connectivity index (χ1v) is 8.21. The Morgan fingerprint density at radius 1 is 1.29 bits per heavy atom. The maximum Gasteiger partial charge on any atom is 0.313 e. The molecule has 0 radical (unpaired) electrons. The average Bonchev–Trinajstić information content (AvgIpc) is 2.59. The third kappa shape index (κ3) is 5.67. The van der Waals surface area contributed by atoms with E-state index in [-0.39, 0.29) is 0 Å². The molecule has 0 spiro atoms. The van der Waals surface area contributed by atoms with Crippen LogP contribution in [0.3, 0.4) is 0 Å². The number of ether oxygens (including phenoxy) is 2. The van der Waals surface area contributed by atoms with Gasteiger partial charge in [0.05, 0.1) is 26.0 Å². The quantitative estimate of drug-likeness (QED) is 0.590. The normalized spacial score (nSPS) is 14.9. The van der Waals surface area contributed by atoms with Crippen molar-refractivity contribution >= 4 is 29.1 Å². The molecule has 2 rings (SSSR count). The summed E-state index contributed by atoms with van der Waals surface area (Å²) in [6.45, 7) is 4.61. The minimum Gasteiger partial charge on any atom is -0.495 e. The summed E-state index contributed by atoms with van der Waals surface area (Å²) in [5, 5.41) is 5.56. The first-order chi connectivity index (χ1) is 11.6. The number of hydrogen-bond acceptors (Lipinski definition) is 5. The summed E-state index contributed by atoms with van der Waals surface area (Å²) >= 11 is 5.89. The second-order valence-corrected chi connectivity index (χ2v) is 5.80. The van der Waals surface area contributed by atoms with Crippen molar-refractivity contribution in [1.29, 1.82) is 0 Å². The molecule has 0 aromatic heterocycles. The highest BCUT2D eigenvalue weighted by molar-refractivity contribution is 6.40. The van der Waals surface area contributed by atoms with E-state index in [9.17, 15) is 9.59 Å². The zero-order chi connectivity index (χ0) is 17.4. The Morgan fingerprint density at radius 2 is 2.04 bits per heavy atom. The van der Waals surface area contributed by atoms with Gasteiger partial charge in [0, 0.05) is 24.7 Å². The van der Waals surface area contributed by atoms with Gasteiger partial charge in [-0.25, -0.2) is 0 Å². The minimum absolute atomic E-state index is 0.360. The van der Waals surface area contributed by atoms with Crippen LogP contribution in [0.1, 0.15) is 6.42 Å². The SMILES string of the molecule is COc1ccc(Cl)cc1NC(=O)C(=O)NCCCN1CCOCC1. The topological polar surface area (TPSA) is 79.9 Å². The number of halogens is 1. The van der Waals surface area contributed by atoms with Gasteiger partial charge in [-0.2, -0.15) is 0 Å². The van der Waals surface area contributed by atoms with E-state index in [0.717, 1.165) is 39.3 Å². The number of carbonyl (C=O) groups is 2. The molecule has 1 aromatic carbocycles. The molecule has 1 aliphatic heterocycles. The molecule has 132 valence electrons. The second-order valence-electron chi connectivity index (χ2n) is 5.36. The monoisotopic (exact) mass is 355 g/mol. The fraction of sp³-hybridized carbons (Fsp3) is 0.500. The number of amides is 2. The zero-order valence-corrected chi connectivity index (χ0v) is 14.4. The van der Waals surface area contributed by atoms with Crippen molar-refractivity contribution < 1.29 is 19.1 Å². The van der Waals surface area contributed by atoms with Gasteiger partial charge >= 0.3 is 11.8 Å². The molecule has 0 aliphatic carbocycles. The van der Waals surface area contributed by atoms with E-state index in [1.54, 1.807) is 12.1 Å². The fourth-order valence-electron chi connectivity index (χ4n) is 2.37. The van der Waals surface area contributed by atoms with E-state index < -0.39 is 11.8 Å². The predicted octanol–water partition coefficient (Wildman–Crippen LogP) is 1.13. The molecule has 7 nitrogen and oxygen atoms in total. The van der Waals surface area contributed by atoms with E-state index in [2.05, 4.69) is 15.5 Å². The van der Waals surface area contributed by atoms with Crippen LogP contribution in [0.15, 0.2) is 18.2 Å². The maximum atomic E-state index is 11.9. The van der Waals surface area contributed by atoms with E-state index in [1.165, 1.54) is 13.2 Å². The number of nitrogens with one attached hydrogen (secondary N) is 2. The number of benzene rings is 1. The third-order valence-corrected chi connectivity index (χ3v) is 3.89. The molecule has 2 amide bonds. The molecule has 2 N–H and O–H groups in total. The van der Waals surface area contributed by atoms with Gasteiger partial charge in [0.15, 0.2) is 0 Å². The highest BCUT2D eigenvalue weighted by atomic mass is 35.5. The summed E-state index contributed by atoms with van der Waals surface area (Å²) in [5.74, 6) is -0.992. The Morgan fingerprint density at radius 3 is 2.75 bits per heavy atom. The summed E-state index contributed by atoms with van der Waals surface area (Å²) in [4.78, 5) is 26.1. The highest BCUT2D eigenvalue weighted by Crippen LogP contribution is 2.27. The standard InChI is InChI=1S/C16H22ClN3O4/c1-23-14-4-3-12(17)11-13(14)19-16(22)15(21)18-5-2-6-20-7-9-24-10-8-20/h3-4,11H,2,5-10H2,1H3,(H,18,21)(H,19,22). The smallest absolute Gasteiger partial charge is 0.313 e. The Hall–Kier alpha value is -1.83. The van der Waals surface area contributed by atoms with Gasteiger partial charge in [-0.3, -0.25) is 14.5 Å². The lowest BCUT2D eigenvalue weighted by Crippen LogP contribution is -2.39. The highest BCUT2D eigenvalue weighted by Gasteiger charge is 2.16. The van der Waals surface area contributed by atoms with Gasteiger partial charge in [-0.05, 0) is 31.2 Å². The molecular formula is C16H22ClN3O4. The van der Waals surface area contributed by atoms with Crippen molar-refractivity contribution in [2.45, 2.75) is 6.42 Å².